The first-order chi connectivity index (χ1) is 12.4. The second kappa shape index (κ2) is 8.93. The molecule has 0 aliphatic rings. The molecule has 4 heteroatoms. The fourth-order valence-electron chi connectivity index (χ4n) is 2.47. The summed E-state index contributed by atoms with van der Waals surface area (Å²) in [6.45, 7) is 0. The first-order valence-electron chi connectivity index (χ1n) is 7.94. The summed E-state index contributed by atoms with van der Waals surface area (Å²) in [7, 11) is 0. The molecule has 0 saturated carbocycles. The molecule has 128 valence electrons. The van der Waals surface area contributed by atoms with Crippen LogP contribution < -0.4 is 0 Å². The average molecular weight is 534 g/mol. The van der Waals surface area contributed by atoms with Crippen LogP contribution in [-0.4, -0.2) is 9.97 Å². The number of benzene rings is 2. The molecule has 0 N–H and O–H groups in total. The van der Waals surface area contributed by atoms with Gasteiger partial charge in [0.1, 0.15) is 5.03 Å². The van der Waals surface area contributed by atoms with E-state index >= 15 is 0 Å². The summed E-state index contributed by atoms with van der Waals surface area (Å²) < 4.78 is 0. The van der Waals surface area contributed by atoms with E-state index in [4.69, 9.17) is 4.98 Å². The van der Waals surface area contributed by atoms with Crippen molar-refractivity contribution in [2.45, 2.75) is 10.1 Å². The molecule has 0 radical (unpaired) electrons. The molecule has 2 aromatic heterocycles. The quantitative estimate of drug-likeness (QED) is 0.322. The normalized spacial score (nSPS) is 10.2. The third-order valence-corrected chi connectivity index (χ3v) is 4.53. The van der Waals surface area contributed by atoms with Gasteiger partial charge in [-0.1, -0.05) is 30.0 Å². The Morgan fingerprint density at radius 3 is 2.27 bits per heavy atom. The summed E-state index contributed by atoms with van der Waals surface area (Å²) in [5.41, 5.74) is 3.92. The molecule has 2 aromatic carbocycles. The van der Waals surface area contributed by atoms with Crippen LogP contribution in [0.1, 0.15) is 0 Å². The second-order valence-corrected chi connectivity index (χ2v) is 6.43. The maximum atomic E-state index is 4.75. The number of hydrogen-bond acceptors (Lipinski definition) is 3. The van der Waals surface area contributed by atoms with Crippen LogP contribution in [0, 0.1) is 12.1 Å². The van der Waals surface area contributed by atoms with E-state index in [-0.39, 0.29) is 21.1 Å². The number of rotatable bonds is 4. The van der Waals surface area contributed by atoms with E-state index in [0.29, 0.717) is 0 Å². The third-order valence-electron chi connectivity index (χ3n) is 3.64. The van der Waals surface area contributed by atoms with Crippen molar-refractivity contribution in [2.24, 2.45) is 0 Å². The van der Waals surface area contributed by atoms with E-state index in [9.17, 15) is 0 Å². The third kappa shape index (κ3) is 4.49. The fraction of sp³-hybridized carbons (Fsp3) is 0. The predicted molar refractivity (Wildman–Crippen MR) is 101 cm³/mol. The minimum Gasteiger partial charge on any atom is -0.280 e. The van der Waals surface area contributed by atoms with Gasteiger partial charge in [0, 0.05) is 11.9 Å². The van der Waals surface area contributed by atoms with Crippen molar-refractivity contribution >= 4 is 11.8 Å². The van der Waals surface area contributed by atoms with Gasteiger partial charge in [0.05, 0.1) is 5.03 Å². The molecular weight excluding hydrogens is 519 g/mol. The van der Waals surface area contributed by atoms with Crippen LogP contribution in [0.4, 0.5) is 0 Å². The zero-order valence-corrected chi connectivity index (χ0v) is 16.8. The SMILES string of the molecule is [Pt+2].[c-]1ccccc1-c1[c-]c(-c2cccc(Sc3ccccn3)n2)ccc1. The van der Waals surface area contributed by atoms with Crippen LogP contribution in [0.5, 0.6) is 0 Å². The van der Waals surface area contributed by atoms with E-state index in [1.807, 2.05) is 78.9 Å². The Morgan fingerprint density at radius 2 is 1.46 bits per heavy atom. The number of pyridine rings is 2. The van der Waals surface area contributed by atoms with E-state index < -0.39 is 0 Å². The number of hydrogen-bond donors (Lipinski definition) is 0. The largest absolute Gasteiger partial charge is 2.00 e. The fourth-order valence-corrected chi connectivity index (χ4v) is 3.24. The van der Waals surface area contributed by atoms with Crippen LogP contribution in [-0.2, 0) is 21.1 Å². The van der Waals surface area contributed by atoms with Gasteiger partial charge in [0.25, 0.3) is 0 Å². The van der Waals surface area contributed by atoms with Crippen molar-refractivity contribution in [1.82, 2.24) is 9.97 Å². The smallest absolute Gasteiger partial charge is 0.280 e. The molecule has 0 saturated heterocycles. The molecular formula is C22H14N2PtS. The summed E-state index contributed by atoms with van der Waals surface area (Å²) in [6, 6.07) is 32.6. The molecule has 0 atom stereocenters. The van der Waals surface area contributed by atoms with E-state index in [2.05, 4.69) is 17.1 Å². The van der Waals surface area contributed by atoms with Gasteiger partial charge in [0.15, 0.2) is 0 Å². The Bertz CT molecular complexity index is 975. The zero-order valence-electron chi connectivity index (χ0n) is 13.7. The molecule has 0 bridgehead atoms. The van der Waals surface area contributed by atoms with Crippen LogP contribution in [0.15, 0.2) is 95.1 Å². The van der Waals surface area contributed by atoms with Crippen molar-refractivity contribution < 1.29 is 21.1 Å². The van der Waals surface area contributed by atoms with Crippen LogP contribution in [0.25, 0.3) is 22.4 Å². The van der Waals surface area contributed by atoms with Gasteiger partial charge in [-0.25, -0.2) is 10.5 Å². The van der Waals surface area contributed by atoms with E-state index in [0.717, 1.165) is 32.4 Å². The van der Waals surface area contributed by atoms with Crippen molar-refractivity contribution in [3.63, 3.8) is 0 Å². The monoisotopic (exact) mass is 533 g/mol. The maximum Gasteiger partial charge on any atom is 2.00 e. The number of nitrogens with zero attached hydrogens (tertiary/aromatic N) is 2. The predicted octanol–water partition coefficient (Wildman–Crippen LogP) is 5.56. The molecule has 2 heterocycles. The Kier molecular flexibility index (Phi) is 6.38. The topological polar surface area (TPSA) is 25.8 Å². The molecule has 0 fully saturated rings. The van der Waals surface area contributed by atoms with Gasteiger partial charge in [-0.15, -0.1) is 23.8 Å². The first kappa shape index (κ1) is 18.6. The zero-order chi connectivity index (χ0) is 16.9. The number of aromatic nitrogens is 2. The average Bonchev–Trinajstić information content (AvgIpc) is 2.70. The van der Waals surface area contributed by atoms with Crippen molar-refractivity contribution in [2.75, 3.05) is 0 Å². The molecule has 26 heavy (non-hydrogen) atoms. The summed E-state index contributed by atoms with van der Waals surface area (Å²) >= 11 is 1.55. The molecule has 4 rings (SSSR count). The standard InChI is InChI=1S/C22H14N2S.Pt/c1-2-8-17(9-3-1)18-10-6-11-19(16-18)20-12-7-14-22(24-20)25-21-13-4-5-15-23-21;/h1-8,10-15H;/q-2;+2. The Labute approximate surface area is 172 Å². The molecule has 0 unspecified atom stereocenters. The Hall–Kier alpha value is -2.22. The van der Waals surface area contributed by atoms with E-state index in [1.165, 1.54) is 0 Å². The summed E-state index contributed by atoms with van der Waals surface area (Å²) in [5, 5.41) is 1.85. The summed E-state index contributed by atoms with van der Waals surface area (Å²) in [5.74, 6) is 0. The van der Waals surface area contributed by atoms with Crippen LogP contribution in [0.3, 0.4) is 0 Å². The molecule has 0 spiro atoms. The summed E-state index contributed by atoms with van der Waals surface area (Å²) in [4.78, 5) is 9.10. The second-order valence-electron chi connectivity index (χ2n) is 5.39. The molecule has 0 aliphatic carbocycles. The van der Waals surface area contributed by atoms with E-state index in [1.54, 1.807) is 18.0 Å². The van der Waals surface area contributed by atoms with Gasteiger partial charge in [-0.3, -0.25) is 4.98 Å². The Morgan fingerprint density at radius 1 is 0.692 bits per heavy atom. The molecule has 2 nitrogen and oxygen atoms in total. The van der Waals surface area contributed by atoms with Gasteiger partial charge in [0.2, 0.25) is 0 Å². The summed E-state index contributed by atoms with van der Waals surface area (Å²) in [6.07, 6.45) is 1.79. The van der Waals surface area contributed by atoms with Crippen molar-refractivity contribution in [1.29, 1.82) is 0 Å². The minimum atomic E-state index is 0. The molecule has 0 amide bonds. The van der Waals surface area contributed by atoms with Crippen LogP contribution >= 0.6 is 11.8 Å². The Balaban J connectivity index is 0.00000196. The van der Waals surface area contributed by atoms with Gasteiger partial charge < -0.3 is 0 Å². The molecule has 4 aromatic rings. The molecule has 0 aliphatic heterocycles. The van der Waals surface area contributed by atoms with Gasteiger partial charge in [-0.2, -0.15) is 42.0 Å². The van der Waals surface area contributed by atoms with Gasteiger partial charge >= 0.3 is 21.1 Å². The first-order valence-corrected chi connectivity index (χ1v) is 8.76. The maximum absolute atomic E-state index is 4.75. The van der Waals surface area contributed by atoms with Crippen molar-refractivity contribution in [3.05, 3.63) is 97.2 Å². The van der Waals surface area contributed by atoms with Crippen molar-refractivity contribution in [3.8, 4) is 22.4 Å². The van der Waals surface area contributed by atoms with Crippen LogP contribution in [0.2, 0.25) is 0 Å². The van der Waals surface area contributed by atoms with Gasteiger partial charge in [-0.05, 0) is 18.2 Å². The minimum absolute atomic E-state index is 0.